The fourth-order valence-corrected chi connectivity index (χ4v) is 4.61. The van der Waals surface area contributed by atoms with Crippen molar-refractivity contribution in [3.05, 3.63) is 77.4 Å². The molecule has 0 aromatic heterocycles. The van der Waals surface area contributed by atoms with Crippen LogP contribution in [-0.4, -0.2) is 66.2 Å². The van der Waals surface area contributed by atoms with Crippen LogP contribution in [0.3, 0.4) is 0 Å². The Hall–Kier alpha value is -2.73. The zero-order valence-corrected chi connectivity index (χ0v) is 19.1. The molecule has 1 saturated heterocycles. The monoisotopic (exact) mass is 431 g/mol. The summed E-state index contributed by atoms with van der Waals surface area (Å²) < 4.78 is 0. The molecule has 2 N–H and O–H groups in total. The van der Waals surface area contributed by atoms with Gasteiger partial charge in [-0.25, -0.2) is 0 Å². The molecule has 0 bridgehead atoms. The summed E-state index contributed by atoms with van der Waals surface area (Å²) >= 11 is 0. The first-order valence-corrected chi connectivity index (χ1v) is 11.4. The minimum atomic E-state index is -0.403. The van der Waals surface area contributed by atoms with E-state index in [4.69, 9.17) is 0 Å². The summed E-state index contributed by atoms with van der Waals surface area (Å²) in [7, 11) is 0. The molecular formula is C27H33N3O2. The molecule has 3 aromatic carbocycles. The van der Waals surface area contributed by atoms with Crippen LogP contribution in [0, 0.1) is 13.8 Å². The van der Waals surface area contributed by atoms with E-state index in [1.165, 1.54) is 16.3 Å². The van der Waals surface area contributed by atoms with Gasteiger partial charge in [-0.2, -0.15) is 0 Å². The number of para-hydroxylation sites is 1. The van der Waals surface area contributed by atoms with Gasteiger partial charge in [0.15, 0.2) is 0 Å². The average Bonchev–Trinajstić information content (AvgIpc) is 2.78. The van der Waals surface area contributed by atoms with Crippen LogP contribution >= 0.6 is 0 Å². The summed E-state index contributed by atoms with van der Waals surface area (Å²) in [5.74, 6) is 0.0341. The maximum Gasteiger partial charge on any atom is 0.238 e. The summed E-state index contributed by atoms with van der Waals surface area (Å²) in [6.07, 6.45) is 0.249. The number of anilines is 1. The van der Waals surface area contributed by atoms with Crippen molar-refractivity contribution in [1.29, 1.82) is 0 Å². The molecule has 1 amide bonds. The fraction of sp³-hybridized carbons (Fsp3) is 0.370. The summed E-state index contributed by atoms with van der Waals surface area (Å²) in [4.78, 5) is 17.0. The molecule has 0 spiro atoms. The second kappa shape index (κ2) is 10.3. The number of carbonyl (C=O) groups is 1. The molecular weight excluding hydrogens is 398 g/mol. The number of aryl methyl sites for hydroxylation is 2. The summed E-state index contributed by atoms with van der Waals surface area (Å²) in [6.45, 7) is 8.50. The SMILES string of the molecule is Cc1cccc(C)c1NC(=O)CN1CCN(CC(O)Cc2cccc3ccccc23)CC1. The molecule has 4 rings (SSSR count). The Balaban J connectivity index is 1.24. The predicted molar refractivity (Wildman–Crippen MR) is 131 cm³/mol. The van der Waals surface area contributed by atoms with Gasteiger partial charge < -0.3 is 10.4 Å². The highest BCUT2D eigenvalue weighted by Gasteiger charge is 2.21. The van der Waals surface area contributed by atoms with E-state index in [2.05, 4.69) is 45.4 Å². The topological polar surface area (TPSA) is 55.8 Å². The molecule has 0 saturated carbocycles. The lowest BCUT2D eigenvalue weighted by Gasteiger charge is -2.35. The number of benzene rings is 3. The van der Waals surface area contributed by atoms with E-state index >= 15 is 0 Å². The highest BCUT2D eigenvalue weighted by Crippen LogP contribution is 2.21. The molecule has 0 aliphatic carbocycles. The molecule has 5 nitrogen and oxygen atoms in total. The Morgan fingerprint density at radius 3 is 2.28 bits per heavy atom. The molecule has 1 heterocycles. The Kier molecular flexibility index (Phi) is 7.20. The molecule has 1 aliphatic heterocycles. The number of carbonyl (C=O) groups excluding carboxylic acids is 1. The lowest BCUT2D eigenvalue weighted by Crippen LogP contribution is -2.50. The van der Waals surface area contributed by atoms with Crippen LogP contribution < -0.4 is 5.32 Å². The smallest absolute Gasteiger partial charge is 0.238 e. The first-order valence-electron chi connectivity index (χ1n) is 11.4. The standard InChI is InChI=1S/C27H33N3O2/c1-20-7-5-8-21(2)27(20)28-26(32)19-30-15-13-29(14-16-30)18-24(31)17-23-11-6-10-22-9-3-4-12-25(22)23/h3-12,24,31H,13-19H2,1-2H3,(H,28,32). The Morgan fingerprint density at radius 1 is 0.906 bits per heavy atom. The van der Waals surface area contributed by atoms with Crippen molar-refractivity contribution in [2.24, 2.45) is 0 Å². The summed E-state index contributed by atoms with van der Waals surface area (Å²) in [5.41, 5.74) is 4.29. The van der Waals surface area contributed by atoms with Crippen LogP contribution in [0.15, 0.2) is 60.7 Å². The number of aliphatic hydroxyl groups excluding tert-OH is 1. The molecule has 1 fully saturated rings. The van der Waals surface area contributed by atoms with Crippen LogP contribution in [0.4, 0.5) is 5.69 Å². The van der Waals surface area contributed by atoms with Crippen molar-refractivity contribution in [2.45, 2.75) is 26.4 Å². The molecule has 3 aromatic rings. The minimum Gasteiger partial charge on any atom is -0.391 e. The lowest BCUT2D eigenvalue weighted by atomic mass is 9.99. The maximum atomic E-state index is 12.5. The van der Waals surface area contributed by atoms with Crippen LogP contribution in [0.5, 0.6) is 0 Å². The van der Waals surface area contributed by atoms with E-state index in [1.807, 2.05) is 44.2 Å². The summed E-state index contributed by atoms with van der Waals surface area (Å²) in [6, 6.07) is 20.7. The van der Waals surface area contributed by atoms with E-state index < -0.39 is 6.10 Å². The Morgan fingerprint density at radius 2 is 1.53 bits per heavy atom. The average molecular weight is 432 g/mol. The van der Waals surface area contributed by atoms with Gasteiger partial charge in [0.2, 0.25) is 5.91 Å². The van der Waals surface area contributed by atoms with Crippen LogP contribution in [0.25, 0.3) is 10.8 Å². The number of amides is 1. The first kappa shape index (κ1) is 22.5. The first-order chi connectivity index (χ1) is 15.5. The van der Waals surface area contributed by atoms with Crippen molar-refractivity contribution in [2.75, 3.05) is 44.6 Å². The molecule has 0 radical (unpaired) electrons. The van der Waals surface area contributed by atoms with E-state index in [-0.39, 0.29) is 5.91 Å². The molecule has 1 aliphatic rings. The van der Waals surface area contributed by atoms with E-state index in [1.54, 1.807) is 0 Å². The molecule has 5 heteroatoms. The molecule has 168 valence electrons. The second-order valence-electron chi connectivity index (χ2n) is 8.89. The van der Waals surface area contributed by atoms with E-state index in [9.17, 15) is 9.90 Å². The molecule has 1 atom stereocenters. The molecule has 1 unspecified atom stereocenters. The predicted octanol–water partition coefficient (Wildman–Crippen LogP) is 3.62. The highest BCUT2D eigenvalue weighted by molar-refractivity contribution is 5.93. The zero-order valence-electron chi connectivity index (χ0n) is 19.1. The normalized spacial score (nSPS) is 16.2. The third-order valence-electron chi connectivity index (χ3n) is 6.38. The number of hydrogen-bond acceptors (Lipinski definition) is 4. The maximum absolute atomic E-state index is 12.5. The van der Waals surface area contributed by atoms with Crippen molar-refractivity contribution in [3.8, 4) is 0 Å². The third kappa shape index (κ3) is 5.54. The molecule has 32 heavy (non-hydrogen) atoms. The van der Waals surface area contributed by atoms with E-state index in [0.717, 1.165) is 43.0 Å². The van der Waals surface area contributed by atoms with Gasteiger partial charge in [0.05, 0.1) is 12.6 Å². The quantitative estimate of drug-likeness (QED) is 0.600. The number of β-amino-alcohol motifs (C(OH)–C–C–N with tert-alkyl or cyclic N) is 1. The van der Waals surface area contributed by atoms with Gasteiger partial charge in [-0.05, 0) is 41.3 Å². The minimum absolute atomic E-state index is 0.0341. The lowest BCUT2D eigenvalue weighted by molar-refractivity contribution is -0.117. The number of hydrogen-bond donors (Lipinski definition) is 2. The number of nitrogens with zero attached hydrogens (tertiary/aromatic N) is 2. The number of piperazine rings is 1. The van der Waals surface area contributed by atoms with Gasteiger partial charge >= 0.3 is 0 Å². The Labute approximate surface area is 190 Å². The van der Waals surface area contributed by atoms with Crippen LogP contribution in [-0.2, 0) is 11.2 Å². The van der Waals surface area contributed by atoms with Crippen LogP contribution in [0.1, 0.15) is 16.7 Å². The third-order valence-corrected chi connectivity index (χ3v) is 6.38. The van der Waals surface area contributed by atoms with Gasteiger partial charge in [-0.15, -0.1) is 0 Å². The van der Waals surface area contributed by atoms with Gasteiger partial charge in [-0.3, -0.25) is 14.6 Å². The fourth-order valence-electron chi connectivity index (χ4n) is 4.61. The number of nitrogens with one attached hydrogen (secondary N) is 1. The van der Waals surface area contributed by atoms with Crippen molar-refractivity contribution < 1.29 is 9.90 Å². The van der Waals surface area contributed by atoms with Gasteiger partial charge in [-0.1, -0.05) is 60.7 Å². The van der Waals surface area contributed by atoms with Gasteiger partial charge in [0, 0.05) is 44.8 Å². The number of rotatable bonds is 7. The highest BCUT2D eigenvalue weighted by atomic mass is 16.3. The van der Waals surface area contributed by atoms with Crippen molar-refractivity contribution in [1.82, 2.24) is 9.80 Å². The number of aliphatic hydroxyl groups is 1. The van der Waals surface area contributed by atoms with Crippen LogP contribution in [0.2, 0.25) is 0 Å². The van der Waals surface area contributed by atoms with Gasteiger partial charge in [0.25, 0.3) is 0 Å². The Bertz CT molecular complexity index is 1050. The zero-order chi connectivity index (χ0) is 22.5. The van der Waals surface area contributed by atoms with Gasteiger partial charge in [0.1, 0.15) is 0 Å². The number of fused-ring (bicyclic) bond motifs is 1. The van der Waals surface area contributed by atoms with Crippen molar-refractivity contribution >= 4 is 22.4 Å². The largest absolute Gasteiger partial charge is 0.391 e. The van der Waals surface area contributed by atoms with E-state index in [0.29, 0.717) is 19.5 Å². The summed E-state index contributed by atoms with van der Waals surface area (Å²) in [5, 5.41) is 16.2. The second-order valence-corrected chi connectivity index (χ2v) is 8.89. The van der Waals surface area contributed by atoms with Crippen molar-refractivity contribution in [3.63, 3.8) is 0 Å².